The highest BCUT2D eigenvalue weighted by atomic mass is 16.6. The van der Waals surface area contributed by atoms with Crippen molar-refractivity contribution in [2.45, 2.75) is 70.4 Å². The molecule has 3 N–H and O–H groups in total. The van der Waals surface area contributed by atoms with E-state index in [9.17, 15) is 19.5 Å². The van der Waals surface area contributed by atoms with Gasteiger partial charge >= 0.3 is 6.09 Å². The van der Waals surface area contributed by atoms with Gasteiger partial charge in [-0.05, 0) is 82.6 Å². The number of amides is 3. The van der Waals surface area contributed by atoms with Crippen LogP contribution in [0.2, 0.25) is 0 Å². The number of rotatable bonds is 6. The zero-order valence-corrected chi connectivity index (χ0v) is 21.4. The fourth-order valence-corrected chi connectivity index (χ4v) is 6.98. The van der Waals surface area contributed by atoms with Crippen molar-refractivity contribution in [1.82, 2.24) is 15.5 Å². The Labute approximate surface area is 212 Å². The average molecular weight is 496 g/mol. The molecule has 194 valence electrons. The molecule has 8 heteroatoms. The van der Waals surface area contributed by atoms with Gasteiger partial charge < -0.3 is 25.4 Å². The Balaban J connectivity index is 1.14. The highest BCUT2D eigenvalue weighted by Gasteiger charge is 2.73. The second-order valence-electron chi connectivity index (χ2n) is 12.5. The first kappa shape index (κ1) is 24.7. The van der Waals surface area contributed by atoms with Gasteiger partial charge in [0.05, 0.1) is 5.41 Å². The van der Waals surface area contributed by atoms with Crippen LogP contribution >= 0.6 is 0 Å². The molecule has 5 fully saturated rings. The number of benzene rings is 1. The Kier molecular flexibility index (Phi) is 5.84. The molecule has 1 heterocycles. The van der Waals surface area contributed by atoms with Gasteiger partial charge in [0.25, 0.3) is 0 Å². The first-order chi connectivity index (χ1) is 16.9. The van der Waals surface area contributed by atoms with Gasteiger partial charge in [0, 0.05) is 36.7 Å². The maximum atomic E-state index is 13.5. The molecule has 1 aliphatic heterocycles. The predicted molar refractivity (Wildman–Crippen MR) is 135 cm³/mol. The largest absolute Gasteiger partial charge is 0.508 e. The minimum Gasteiger partial charge on any atom is -0.508 e. The van der Waals surface area contributed by atoms with Crippen molar-refractivity contribution < 1.29 is 24.2 Å². The highest BCUT2D eigenvalue weighted by Crippen LogP contribution is 2.68. The number of hydrogen-bond donors (Lipinski definition) is 3. The van der Waals surface area contributed by atoms with Crippen molar-refractivity contribution in [3.8, 4) is 5.75 Å². The molecule has 5 aliphatic rings. The quantitative estimate of drug-likeness (QED) is 0.523. The summed E-state index contributed by atoms with van der Waals surface area (Å²) in [4.78, 5) is 40.2. The van der Waals surface area contributed by atoms with E-state index in [0.29, 0.717) is 38.3 Å². The molecule has 6 rings (SSSR count). The molecular weight excluding hydrogens is 458 g/mol. The van der Waals surface area contributed by atoms with Gasteiger partial charge in [0.1, 0.15) is 11.4 Å². The lowest BCUT2D eigenvalue weighted by Gasteiger charge is -2.69. The van der Waals surface area contributed by atoms with Crippen LogP contribution in [0.3, 0.4) is 0 Å². The minimum absolute atomic E-state index is 0.0693. The number of ether oxygens (including phenoxy) is 1. The van der Waals surface area contributed by atoms with Crippen molar-refractivity contribution in [3.05, 3.63) is 35.9 Å². The van der Waals surface area contributed by atoms with Gasteiger partial charge in [-0.1, -0.05) is 18.6 Å². The Morgan fingerprint density at radius 1 is 1.22 bits per heavy atom. The number of aromatic hydroxyl groups is 1. The first-order valence-corrected chi connectivity index (χ1v) is 13.0. The third kappa shape index (κ3) is 4.58. The second kappa shape index (κ2) is 8.53. The average Bonchev–Trinajstić information content (AvgIpc) is 3.28. The van der Waals surface area contributed by atoms with E-state index in [1.54, 1.807) is 24.3 Å². The second-order valence-corrected chi connectivity index (χ2v) is 12.5. The van der Waals surface area contributed by atoms with Crippen LogP contribution in [0.5, 0.6) is 5.75 Å². The maximum Gasteiger partial charge on any atom is 0.408 e. The number of likely N-dealkylation sites (tertiary alicyclic amines) is 1. The number of phenols is 1. The topological polar surface area (TPSA) is 108 Å². The number of hydrogen-bond acceptors (Lipinski definition) is 5. The summed E-state index contributed by atoms with van der Waals surface area (Å²) in [6.07, 6.45) is 8.03. The molecule has 4 aliphatic carbocycles. The van der Waals surface area contributed by atoms with E-state index in [1.165, 1.54) is 6.08 Å². The molecule has 0 unspecified atom stereocenters. The van der Waals surface area contributed by atoms with Crippen LogP contribution in [0, 0.1) is 16.7 Å². The third-order valence-corrected chi connectivity index (χ3v) is 8.49. The molecule has 0 aromatic heterocycles. The van der Waals surface area contributed by atoms with Crippen LogP contribution in [-0.4, -0.2) is 58.7 Å². The lowest BCUT2D eigenvalue weighted by Crippen LogP contribution is -2.78. The SMILES string of the molecule is CC(C)(C)OC(=O)NC12CC(C(=O)N3C[C@@H]4CCC[C@]4(CNC(=O)/C=C/c4cccc(O)c4)C3)(C1)C2. The van der Waals surface area contributed by atoms with E-state index in [1.807, 2.05) is 31.7 Å². The normalized spacial score (nSPS) is 32.4. The number of nitrogens with zero attached hydrogens (tertiary/aromatic N) is 1. The molecule has 8 nitrogen and oxygen atoms in total. The molecule has 1 saturated heterocycles. The van der Waals surface area contributed by atoms with Crippen molar-refractivity contribution in [2.75, 3.05) is 19.6 Å². The van der Waals surface area contributed by atoms with E-state index >= 15 is 0 Å². The van der Waals surface area contributed by atoms with E-state index in [4.69, 9.17) is 4.74 Å². The first-order valence-electron chi connectivity index (χ1n) is 13.0. The molecule has 2 atom stereocenters. The van der Waals surface area contributed by atoms with Gasteiger partial charge in [-0.15, -0.1) is 0 Å². The molecule has 1 aromatic carbocycles. The standard InChI is InChI=1S/C28H37N3O5/c1-25(2,3)36-24(35)30-28-14-27(15-28,16-28)23(34)31-13-20-7-5-11-26(20,18-31)17-29-22(33)10-9-19-6-4-8-21(32)12-19/h4,6,8-10,12,20,32H,5,7,11,13-18H2,1-3H3,(H,29,33)(H,30,35)/b10-9+/t20-,26-,27?,28?/m0/s1. The zero-order chi connectivity index (χ0) is 25.8. The molecule has 36 heavy (non-hydrogen) atoms. The monoisotopic (exact) mass is 495 g/mol. The number of carbonyl (C=O) groups excluding carboxylic acids is 3. The molecule has 3 amide bonds. The Morgan fingerprint density at radius 3 is 2.67 bits per heavy atom. The van der Waals surface area contributed by atoms with Crippen LogP contribution < -0.4 is 10.6 Å². The molecule has 2 bridgehead atoms. The summed E-state index contributed by atoms with van der Waals surface area (Å²) in [6.45, 7) is 7.51. The molecular formula is C28H37N3O5. The summed E-state index contributed by atoms with van der Waals surface area (Å²) < 4.78 is 5.39. The number of nitrogens with one attached hydrogen (secondary N) is 2. The van der Waals surface area contributed by atoms with Gasteiger partial charge in [-0.25, -0.2) is 4.79 Å². The molecule has 1 aromatic rings. The number of phenolic OH excluding ortho intramolecular Hbond substituents is 1. The van der Waals surface area contributed by atoms with Crippen LogP contribution in [0.1, 0.15) is 64.9 Å². The lowest BCUT2D eigenvalue weighted by molar-refractivity contribution is -0.190. The summed E-state index contributed by atoms with van der Waals surface area (Å²) in [5, 5.41) is 15.6. The van der Waals surface area contributed by atoms with E-state index in [0.717, 1.165) is 31.4 Å². The van der Waals surface area contributed by atoms with Crippen LogP contribution in [0.15, 0.2) is 30.3 Å². The summed E-state index contributed by atoms with van der Waals surface area (Å²) in [6, 6.07) is 6.76. The summed E-state index contributed by atoms with van der Waals surface area (Å²) >= 11 is 0. The van der Waals surface area contributed by atoms with Crippen LogP contribution in [0.25, 0.3) is 6.08 Å². The van der Waals surface area contributed by atoms with Gasteiger partial charge in [-0.2, -0.15) is 0 Å². The molecule has 0 radical (unpaired) electrons. The number of alkyl carbamates (subject to hydrolysis) is 1. The molecule has 4 saturated carbocycles. The summed E-state index contributed by atoms with van der Waals surface area (Å²) in [7, 11) is 0. The van der Waals surface area contributed by atoms with E-state index in [-0.39, 0.29) is 33.9 Å². The fourth-order valence-electron chi connectivity index (χ4n) is 6.98. The van der Waals surface area contributed by atoms with Crippen molar-refractivity contribution in [2.24, 2.45) is 16.7 Å². The molecule has 0 spiro atoms. The minimum atomic E-state index is -0.543. The zero-order valence-electron chi connectivity index (χ0n) is 21.4. The lowest BCUT2D eigenvalue weighted by atomic mass is 9.39. The van der Waals surface area contributed by atoms with Gasteiger partial charge in [0.2, 0.25) is 11.8 Å². The van der Waals surface area contributed by atoms with Gasteiger partial charge in [-0.3, -0.25) is 9.59 Å². The van der Waals surface area contributed by atoms with Crippen molar-refractivity contribution in [1.29, 1.82) is 0 Å². The van der Waals surface area contributed by atoms with Crippen molar-refractivity contribution >= 4 is 24.0 Å². The number of fused-ring (bicyclic) bond motifs is 1. The predicted octanol–water partition coefficient (Wildman–Crippen LogP) is 3.60. The van der Waals surface area contributed by atoms with E-state index < -0.39 is 11.7 Å². The van der Waals surface area contributed by atoms with Crippen molar-refractivity contribution in [3.63, 3.8) is 0 Å². The third-order valence-electron chi connectivity index (χ3n) is 8.49. The van der Waals surface area contributed by atoms with E-state index in [2.05, 4.69) is 10.6 Å². The number of carbonyl (C=O) groups is 3. The summed E-state index contributed by atoms with van der Waals surface area (Å²) in [5.74, 6) is 0.603. The van der Waals surface area contributed by atoms with Gasteiger partial charge in [0.15, 0.2) is 0 Å². The smallest absolute Gasteiger partial charge is 0.408 e. The Morgan fingerprint density at radius 2 is 1.97 bits per heavy atom. The fraction of sp³-hybridized carbons (Fsp3) is 0.607. The Hall–Kier alpha value is -3.03. The Bertz CT molecular complexity index is 1090. The highest BCUT2D eigenvalue weighted by molar-refractivity contribution is 5.92. The van der Waals surface area contributed by atoms with Crippen LogP contribution in [-0.2, 0) is 14.3 Å². The summed E-state index contributed by atoms with van der Waals surface area (Å²) in [5.41, 5.74) is -0.487. The maximum absolute atomic E-state index is 13.5. The van der Waals surface area contributed by atoms with Crippen LogP contribution in [0.4, 0.5) is 4.79 Å².